The minimum atomic E-state index is -0.164. The van der Waals surface area contributed by atoms with Crippen LogP contribution < -0.4 is 0 Å². The van der Waals surface area contributed by atoms with Crippen molar-refractivity contribution >= 4 is 23.8 Å². The van der Waals surface area contributed by atoms with Crippen LogP contribution in [0.3, 0.4) is 0 Å². The summed E-state index contributed by atoms with van der Waals surface area (Å²) in [5.41, 5.74) is 1.81. The number of nitrogens with zero attached hydrogens (tertiary/aromatic N) is 1. The van der Waals surface area contributed by atoms with Crippen molar-refractivity contribution in [1.82, 2.24) is 9.55 Å². The zero-order valence-electron chi connectivity index (χ0n) is 9.41. The van der Waals surface area contributed by atoms with E-state index in [1.54, 1.807) is 12.1 Å². The molecule has 1 aromatic carbocycles. The Bertz CT molecular complexity index is 720. The lowest BCUT2D eigenvalue weighted by Gasteiger charge is -2.14. The van der Waals surface area contributed by atoms with Crippen molar-refractivity contribution in [2.45, 2.75) is 24.3 Å². The number of rotatable bonds is 1. The molecular formula is C13H10ClFN2S. The molecule has 0 spiro atoms. The van der Waals surface area contributed by atoms with Crippen LogP contribution >= 0.6 is 23.8 Å². The minimum absolute atomic E-state index is 0.118. The average Bonchev–Trinajstić information content (AvgIpc) is 2.82. The van der Waals surface area contributed by atoms with E-state index in [2.05, 4.69) is 9.55 Å². The smallest absolute Gasteiger partial charge is 0.177 e. The van der Waals surface area contributed by atoms with Crippen molar-refractivity contribution in [2.24, 2.45) is 0 Å². The van der Waals surface area contributed by atoms with E-state index < -0.39 is 0 Å². The zero-order chi connectivity index (χ0) is 12.5. The highest BCUT2D eigenvalue weighted by atomic mass is 35.5. The highest BCUT2D eigenvalue weighted by Crippen LogP contribution is 2.65. The molecule has 0 amide bonds. The number of fused-ring (bicyclic) bond motifs is 3. The van der Waals surface area contributed by atoms with E-state index in [9.17, 15) is 4.39 Å². The van der Waals surface area contributed by atoms with Crippen LogP contribution in [0.25, 0.3) is 0 Å². The minimum Gasteiger partial charge on any atom is -0.337 e. The number of aromatic amines is 1. The first kappa shape index (κ1) is 10.8. The third-order valence-electron chi connectivity index (χ3n) is 4.24. The van der Waals surface area contributed by atoms with Crippen LogP contribution in [0, 0.1) is 10.6 Å². The molecule has 2 aliphatic rings. The van der Waals surface area contributed by atoms with Crippen LogP contribution in [0.1, 0.15) is 23.6 Å². The number of hydrogen-bond donors (Lipinski definition) is 1. The number of hydrogen-bond acceptors (Lipinski definition) is 1. The summed E-state index contributed by atoms with van der Waals surface area (Å²) in [5.74, 6) is 0.209. The molecule has 2 nitrogen and oxygen atoms in total. The largest absolute Gasteiger partial charge is 0.337 e. The highest BCUT2D eigenvalue weighted by molar-refractivity contribution is 7.71. The van der Waals surface area contributed by atoms with Gasteiger partial charge >= 0.3 is 0 Å². The van der Waals surface area contributed by atoms with Gasteiger partial charge in [0.2, 0.25) is 0 Å². The van der Waals surface area contributed by atoms with Crippen molar-refractivity contribution in [3.63, 3.8) is 0 Å². The fourth-order valence-corrected chi connectivity index (χ4v) is 3.67. The molecular weight excluding hydrogens is 271 g/mol. The van der Waals surface area contributed by atoms with E-state index in [0.717, 1.165) is 23.3 Å². The molecule has 0 bridgehead atoms. The molecule has 1 aromatic heterocycles. The zero-order valence-corrected chi connectivity index (χ0v) is 11.0. The molecule has 1 fully saturated rings. The molecule has 5 heteroatoms. The van der Waals surface area contributed by atoms with Gasteiger partial charge in [0.15, 0.2) is 4.77 Å². The summed E-state index contributed by atoms with van der Waals surface area (Å²) in [6.45, 7) is 0.757. The normalized spacial score (nSPS) is 28.0. The summed E-state index contributed by atoms with van der Waals surface area (Å²) in [5, 5.41) is 0.591. The summed E-state index contributed by atoms with van der Waals surface area (Å²) < 4.78 is 16.8. The van der Waals surface area contributed by atoms with Crippen molar-refractivity contribution in [3.8, 4) is 0 Å². The average molecular weight is 281 g/mol. The Kier molecular flexibility index (Phi) is 1.94. The predicted molar refractivity (Wildman–Crippen MR) is 70.1 cm³/mol. The quantitative estimate of drug-likeness (QED) is 0.789. The fourth-order valence-electron chi connectivity index (χ4n) is 3.27. The standard InChI is InChI=1S/C13H10ClFN2S/c14-7-1-2-10(15)8(3-7)13-4-9(13)11-5-16-12(18)17(11)6-13/h1-3,5,9H,4,6H2,(H,16,18)/t9-,13+/m0/s1. The summed E-state index contributed by atoms with van der Waals surface area (Å²) in [6, 6.07) is 4.81. The molecule has 92 valence electrons. The fraction of sp³-hybridized carbons (Fsp3) is 0.308. The second-order valence-electron chi connectivity index (χ2n) is 5.14. The molecule has 0 radical (unpaired) electrons. The third kappa shape index (κ3) is 1.20. The maximum absolute atomic E-state index is 14.0. The second kappa shape index (κ2) is 3.25. The molecule has 0 saturated heterocycles. The van der Waals surface area contributed by atoms with Gasteiger partial charge in [-0.1, -0.05) is 11.6 Å². The Labute approximate surface area is 113 Å². The van der Waals surface area contributed by atoms with Crippen molar-refractivity contribution < 1.29 is 4.39 Å². The first-order valence-electron chi connectivity index (χ1n) is 5.85. The molecule has 0 unspecified atom stereocenters. The van der Waals surface area contributed by atoms with E-state index in [-0.39, 0.29) is 11.2 Å². The monoisotopic (exact) mass is 280 g/mol. The maximum atomic E-state index is 14.0. The van der Waals surface area contributed by atoms with E-state index in [0.29, 0.717) is 10.9 Å². The van der Waals surface area contributed by atoms with Crippen molar-refractivity contribution in [3.05, 3.63) is 51.3 Å². The van der Waals surface area contributed by atoms with E-state index in [1.165, 1.54) is 11.8 Å². The van der Waals surface area contributed by atoms with Crippen LogP contribution in [-0.2, 0) is 12.0 Å². The Morgan fingerprint density at radius 2 is 2.33 bits per heavy atom. The van der Waals surface area contributed by atoms with E-state index in [1.807, 2.05) is 6.20 Å². The van der Waals surface area contributed by atoms with Gasteiger partial charge in [0.1, 0.15) is 5.82 Å². The number of H-pyrrole nitrogens is 1. The molecule has 2 aromatic rings. The highest BCUT2D eigenvalue weighted by Gasteiger charge is 2.62. The third-order valence-corrected chi connectivity index (χ3v) is 4.81. The second-order valence-corrected chi connectivity index (χ2v) is 5.96. The molecule has 4 rings (SSSR count). The number of halogens is 2. The summed E-state index contributed by atoms with van der Waals surface area (Å²) in [6.07, 6.45) is 2.93. The van der Waals surface area contributed by atoms with Crippen LogP contribution in [0.2, 0.25) is 5.02 Å². The van der Waals surface area contributed by atoms with Crippen LogP contribution in [0.4, 0.5) is 4.39 Å². The van der Waals surface area contributed by atoms with Crippen LogP contribution in [0.5, 0.6) is 0 Å². The SMILES string of the molecule is Fc1ccc(Cl)cc1[C@]12C[C@H]1c1c[nH]c(=S)n1C2. The summed E-state index contributed by atoms with van der Waals surface area (Å²) in [4.78, 5) is 3.05. The molecule has 1 N–H and O–H groups in total. The number of aromatic nitrogens is 2. The van der Waals surface area contributed by atoms with Gasteiger partial charge in [-0.05, 0) is 42.4 Å². The van der Waals surface area contributed by atoms with Gasteiger partial charge in [-0.2, -0.15) is 0 Å². The van der Waals surface area contributed by atoms with Gasteiger partial charge in [-0.15, -0.1) is 0 Å². The van der Waals surface area contributed by atoms with E-state index >= 15 is 0 Å². The van der Waals surface area contributed by atoms with Crippen molar-refractivity contribution in [2.75, 3.05) is 0 Å². The summed E-state index contributed by atoms with van der Waals surface area (Å²) >= 11 is 11.2. The topological polar surface area (TPSA) is 20.7 Å². The van der Waals surface area contributed by atoms with Gasteiger partial charge in [-0.25, -0.2) is 4.39 Å². The molecule has 18 heavy (non-hydrogen) atoms. The number of imidazole rings is 1. The van der Waals surface area contributed by atoms with Crippen LogP contribution in [0.15, 0.2) is 24.4 Å². The Balaban J connectivity index is 1.86. The van der Waals surface area contributed by atoms with E-state index in [4.69, 9.17) is 23.8 Å². The Morgan fingerprint density at radius 3 is 3.11 bits per heavy atom. The number of nitrogens with one attached hydrogen (secondary N) is 1. The van der Waals surface area contributed by atoms with Crippen LogP contribution in [-0.4, -0.2) is 9.55 Å². The molecule has 1 aliphatic heterocycles. The lowest BCUT2D eigenvalue weighted by Crippen LogP contribution is -2.14. The van der Waals surface area contributed by atoms with Crippen molar-refractivity contribution in [1.29, 1.82) is 0 Å². The lowest BCUT2D eigenvalue weighted by atomic mass is 9.94. The predicted octanol–water partition coefficient (Wildman–Crippen LogP) is 3.78. The molecule has 2 heterocycles. The lowest BCUT2D eigenvalue weighted by molar-refractivity contribution is 0.530. The molecule has 2 atom stereocenters. The number of benzene rings is 1. The summed E-state index contributed by atoms with van der Waals surface area (Å²) in [7, 11) is 0. The van der Waals surface area contributed by atoms with Gasteiger partial charge in [0, 0.05) is 34.8 Å². The van der Waals surface area contributed by atoms with Gasteiger partial charge in [0.25, 0.3) is 0 Å². The molecule has 1 saturated carbocycles. The first-order chi connectivity index (χ1) is 8.62. The Hall–Kier alpha value is -1.13. The maximum Gasteiger partial charge on any atom is 0.177 e. The first-order valence-corrected chi connectivity index (χ1v) is 6.64. The molecule has 1 aliphatic carbocycles. The van der Waals surface area contributed by atoms with Gasteiger partial charge in [-0.3, -0.25) is 0 Å². The Morgan fingerprint density at radius 1 is 1.50 bits per heavy atom. The van der Waals surface area contributed by atoms with Gasteiger partial charge < -0.3 is 9.55 Å². The van der Waals surface area contributed by atoms with Gasteiger partial charge in [0.05, 0.1) is 0 Å².